The first-order valence-corrected chi connectivity index (χ1v) is 9.94. The van der Waals surface area contributed by atoms with Gasteiger partial charge in [0.15, 0.2) is 5.78 Å². The molecule has 0 bridgehead atoms. The van der Waals surface area contributed by atoms with E-state index in [0.29, 0.717) is 34.0 Å². The summed E-state index contributed by atoms with van der Waals surface area (Å²) in [6.07, 6.45) is 6.95. The molecule has 0 aromatic heterocycles. The highest BCUT2D eigenvalue weighted by molar-refractivity contribution is 6.02. The highest BCUT2D eigenvalue weighted by Crippen LogP contribution is 2.27. The van der Waals surface area contributed by atoms with E-state index in [1.54, 1.807) is 48.6 Å². The van der Waals surface area contributed by atoms with Crippen LogP contribution in [0.2, 0.25) is 0 Å². The van der Waals surface area contributed by atoms with Crippen molar-refractivity contribution in [3.63, 3.8) is 0 Å². The number of carbonyl (C=O) groups excluding carboxylic acids is 3. The first-order valence-electron chi connectivity index (χ1n) is 9.94. The van der Waals surface area contributed by atoms with Gasteiger partial charge in [-0.05, 0) is 47.5 Å². The Kier molecular flexibility index (Phi) is 8.99. The number of methoxy groups -OCH3 is 2. The minimum Gasteiger partial charge on any atom is -0.508 e. The number of rotatable bonds is 9. The monoisotopic (exact) mass is 450 g/mol. The van der Waals surface area contributed by atoms with Crippen LogP contribution in [0.5, 0.6) is 11.5 Å². The zero-order valence-corrected chi connectivity index (χ0v) is 18.8. The number of benzene rings is 2. The Morgan fingerprint density at radius 3 is 1.67 bits per heavy atom. The summed E-state index contributed by atoms with van der Waals surface area (Å²) in [6, 6.07) is 10.2. The van der Waals surface area contributed by atoms with Crippen LogP contribution in [0.3, 0.4) is 0 Å². The topological polar surface area (TPSA) is 114 Å². The van der Waals surface area contributed by atoms with Crippen molar-refractivity contribution in [2.75, 3.05) is 24.9 Å². The molecule has 0 radical (unpaired) electrons. The van der Waals surface area contributed by atoms with E-state index in [9.17, 15) is 19.5 Å². The van der Waals surface area contributed by atoms with Crippen molar-refractivity contribution >= 4 is 41.1 Å². The summed E-state index contributed by atoms with van der Waals surface area (Å²) in [5, 5.41) is 15.4. The van der Waals surface area contributed by atoms with Gasteiger partial charge in [-0.25, -0.2) is 0 Å². The highest BCUT2D eigenvalue weighted by Gasteiger charge is 2.06. The molecule has 3 N–H and O–H groups in total. The van der Waals surface area contributed by atoms with E-state index in [0.717, 1.165) is 6.08 Å². The lowest BCUT2D eigenvalue weighted by atomic mass is 10.1. The fourth-order valence-electron chi connectivity index (χ4n) is 2.81. The molecule has 8 nitrogen and oxygen atoms in total. The van der Waals surface area contributed by atoms with Crippen LogP contribution >= 0.6 is 0 Å². The first-order chi connectivity index (χ1) is 15.7. The summed E-state index contributed by atoms with van der Waals surface area (Å²) in [5.74, 6) is -0.155. The maximum absolute atomic E-state index is 12.1. The second-order valence-corrected chi connectivity index (χ2v) is 6.92. The lowest BCUT2D eigenvalue weighted by Gasteiger charge is -2.09. The van der Waals surface area contributed by atoms with Gasteiger partial charge in [0, 0.05) is 19.9 Å². The van der Waals surface area contributed by atoms with Crippen molar-refractivity contribution in [2.24, 2.45) is 0 Å². The van der Waals surface area contributed by atoms with E-state index in [1.165, 1.54) is 40.2 Å². The summed E-state index contributed by atoms with van der Waals surface area (Å²) in [5.41, 5.74) is 2.45. The van der Waals surface area contributed by atoms with Crippen LogP contribution in [-0.2, 0) is 14.4 Å². The fourth-order valence-corrected chi connectivity index (χ4v) is 2.81. The second-order valence-electron chi connectivity index (χ2n) is 6.92. The largest absolute Gasteiger partial charge is 0.508 e. The molecule has 2 aromatic rings. The number of ketones is 1. The van der Waals surface area contributed by atoms with Crippen LogP contribution in [-0.4, -0.2) is 36.9 Å². The molecule has 8 heteroatoms. The van der Waals surface area contributed by atoms with Gasteiger partial charge in [0.05, 0.1) is 25.6 Å². The summed E-state index contributed by atoms with van der Waals surface area (Å²) in [7, 11) is 2.97. The molecule has 0 fully saturated rings. The Hall–Kier alpha value is -4.33. The van der Waals surface area contributed by atoms with Crippen LogP contribution in [0.4, 0.5) is 11.4 Å². The van der Waals surface area contributed by atoms with Gasteiger partial charge in [-0.15, -0.1) is 0 Å². The van der Waals surface area contributed by atoms with E-state index < -0.39 is 5.78 Å². The number of anilines is 2. The molecule has 2 aromatic carbocycles. The Morgan fingerprint density at radius 1 is 0.788 bits per heavy atom. The molecule has 0 aliphatic heterocycles. The molecular formula is C25H26N2O6. The third-order valence-electron chi connectivity index (χ3n) is 4.25. The van der Waals surface area contributed by atoms with Gasteiger partial charge < -0.3 is 25.2 Å². The average Bonchev–Trinajstić information content (AvgIpc) is 2.76. The summed E-state index contributed by atoms with van der Waals surface area (Å²) < 4.78 is 10.5. The number of nitrogens with one attached hydrogen (secondary N) is 2. The molecule has 0 saturated carbocycles. The van der Waals surface area contributed by atoms with Crippen molar-refractivity contribution in [2.45, 2.75) is 13.8 Å². The average molecular weight is 450 g/mol. The second kappa shape index (κ2) is 11.9. The van der Waals surface area contributed by atoms with E-state index in [-0.39, 0.29) is 17.6 Å². The standard InChI is InChI=1S/C25H26N2O6/c1-16(28)26-22-11-7-18(13-24(22)32-3)5-9-20(30)15-21(31)10-6-19-8-12-23(27-17(2)29)25(14-19)33-4/h5-15,30H,1-4H3,(H,26,28)(H,27,29)/b9-5+,10-6+,20-15-. The SMILES string of the molecule is COc1cc(/C=C/C(=O)/C=C(O)/C=C/c2ccc(NC(C)=O)c(OC)c2)ccc1NC(C)=O. The summed E-state index contributed by atoms with van der Waals surface area (Å²) >= 11 is 0. The maximum atomic E-state index is 12.1. The lowest BCUT2D eigenvalue weighted by molar-refractivity contribution is -0.115. The number of aliphatic hydroxyl groups excluding tert-OH is 1. The minimum absolute atomic E-state index is 0.217. The van der Waals surface area contributed by atoms with Crippen molar-refractivity contribution in [1.82, 2.24) is 0 Å². The Balaban J connectivity index is 2.08. The molecule has 0 atom stereocenters. The smallest absolute Gasteiger partial charge is 0.221 e. The third-order valence-corrected chi connectivity index (χ3v) is 4.25. The number of allylic oxidation sites excluding steroid dienone is 3. The zero-order valence-electron chi connectivity index (χ0n) is 18.8. The van der Waals surface area contributed by atoms with Crippen molar-refractivity contribution in [1.29, 1.82) is 0 Å². The lowest BCUT2D eigenvalue weighted by Crippen LogP contribution is -2.07. The van der Waals surface area contributed by atoms with Gasteiger partial charge in [-0.1, -0.05) is 24.3 Å². The molecule has 0 aliphatic carbocycles. The molecule has 2 rings (SSSR count). The number of hydrogen-bond donors (Lipinski definition) is 3. The Morgan fingerprint density at radius 2 is 1.24 bits per heavy atom. The van der Waals surface area contributed by atoms with E-state index in [2.05, 4.69) is 10.6 Å². The molecule has 172 valence electrons. The van der Waals surface area contributed by atoms with Gasteiger partial charge in [0.25, 0.3) is 0 Å². The van der Waals surface area contributed by atoms with Crippen molar-refractivity contribution in [3.05, 3.63) is 71.5 Å². The van der Waals surface area contributed by atoms with E-state index >= 15 is 0 Å². The van der Waals surface area contributed by atoms with Crippen molar-refractivity contribution in [3.8, 4) is 11.5 Å². The molecule has 0 aliphatic rings. The molecule has 0 spiro atoms. The van der Waals surface area contributed by atoms with Crippen molar-refractivity contribution < 1.29 is 29.0 Å². The minimum atomic E-state index is -0.416. The molecular weight excluding hydrogens is 424 g/mol. The normalized spacial score (nSPS) is 11.5. The highest BCUT2D eigenvalue weighted by atomic mass is 16.5. The molecule has 0 saturated heterocycles. The van der Waals surface area contributed by atoms with Gasteiger partial charge in [0.1, 0.15) is 17.3 Å². The predicted octanol–water partition coefficient (Wildman–Crippen LogP) is 4.36. The van der Waals surface area contributed by atoms with Gasteiger partial charge in [-0.3, -0.25) is 14.4 Å². The number of aliphatic hydroxyl groups is 1. The number of carbonyl (C=O) groups is 3. The third kappa shape index (κ3) is 8.02. The van der Waals surface area contributed by atoms with Crippen LogP contribution in [0.15, 0.2) is 60.4 Å². The number of amides is 2. The van der Waals surface area contributed by atoms with Gasteiger partial charge in [-0.2, -0.15) is 0 Å². The number of ether oxygens (including phenoxy) is 2. The van der Waals surface area contributed by atoms with E-state index in [4.69, 9.17) is 9.47 Å². The van der Waals surface area contributed by atoms with Gasteiger partial charge >= 0.3 is 0 Å². The van der Waals surface area contributed by atoms with Crippen LogP contribution in [0.1, 0.15) is 25.0 Å². The molecule has 0 unspecified atom stereocenters. The van der Waals surface area contributed by atoms with Crippen LogP contribution < -0.4 is 20.1 Å². The maximum Gasteiger partial charge on any atom is 0.221 e. The van der Waals surface area contributed by atoms with E-state index in [1.807, 2.05) is 0 Å². The van der Waals surface area contributed by atoms with Gasteiger partial charge in [0.2, 0.25) is 11.8 Å². The molecule has 33 heavy (non-hydrogen) atoms. The Bertz CT molecular complexity index is 1130. The molecule has 0 heterocycles. The van der Waals surface area contributed by atoms with Crippen LogP contribution in [0, 0.1) is 0 Å². The quantitative estimate of drug-likeness (QED) is 0.297. The molecule has 2 amide bonds. The first kappa shape index (κ1) is 24.9. The van der Waals surface area contributed by atoms with Crippen LogP contribution in [0.25, 0.3) is 12.2 Å². The summed E-state index contributed by atoms with van der Waals surface area (Å²) in [6.45, 7) is 2.80. The summed E-state index contributed by atoms with van der Waals surface area (Å²) in [4.78, 5) is 34.6. The zero-order chi connectivity index (χ0) is 24.4. The Labute approximate surface area is 192 Å². The predicted molar refractivity (Wildman–Crippen MR) is 128 cm³/mol. The fraction of sp³-hybridized carbons (Fsp3) is 0.160. The number of hydrogen-bond acceptors (Lipinski definition) is 6.